The second-order valence-electron chi connectivity index (χ2n) is 4.86. The Morgan fingerprint density at radius 3 is 2.26 bits per heavy atom. The standard InChI is InChI=1S/C16H17BrClN/c1-10-4-5-13(15(18)6-10)9-19-16-11(2)7-14(17)8-12(16)3/h4-8,19H,9H2,1-3H3. The van der Waals surface area contributed by atoms with Crippen molar-refractivity contribution < 1.29 is 0 Å². The number of hydrogen-bond acceptors (Lipinski definition) is 1. The average Bonchev–Trinajstić information content (AvgIpc) is 2.30. The molecule has 0 amide bonds. The van der Waals surface area contributed by atoms with Gasteiger partial charge in [-0.15, -0.1) is 0 Å². The smallest absolute Gasteiger partial charge is 0.0458 e. The van der Waals surface area contributed by atoms with Gasteiger partial charge in [0.2, 0.25) is 0 Å². The van der Waals surface area contributed by atoms with Crippen LogP contribution in [-0.2, 0) is 6.54 Å². The lowest BCUT2D eigenvalue weighted by Crippen LogP contribution is -2.03. The van der Waals surface area contributed by atoms with Crippen LogP contribution in [0.5, 0.6) is 0 Å². The molecule has 0 aromatic heterocycles. The van der Waals surface area contributed by atoms with Crippen LogP contribution in [0.1, 0.15) is 22.3 Å². The van der Waals surface area contributed by atoms with E-state index in [0.717, 1.165) is 21.6 Å². The van der Waals surface area contributed by atoms with Crippen LogP contribution in [0, 0.1) is 20.8 Å². The molecule has 100 valence electrons. The summed E-state index contributed by atoms with van der Waals surface area (Å²) >= 11 is 9.77. The fourth-order valence-electron chi connectivity index (χ4n) is 2.17. The maximum Gasteiger partial charge on any atom is 0.0458 e. The number of halogens is 2. The van der Waals surface area contributed by atoms with Crippen LogP contribution in [0.15, 0.2) is 34.8 Å². The molecule has 19 heavy (non-hydrogen) atoms. The van der Waals surface area contributed by atoms with Gasteiger partial charge in [0, 0.05) is 21.7 Å². The number of rotatable bonds is 3. The first-order valence-corrected chi connectivity index (χ1v) is 7.40. The second-order valence-corrected chi connectivity index (χ2v) is 6.19. The van der Waals surface area contributed by atoms with E-state index in [4.69, 9.17) is 11.6 Å². The zero-order valence-electron chi connectivity index (χ0n) is 11.3. The molecular weight excluding hydrogens is 322 g/mol. The molecule has 0 aliphatic heterocycles. The van der Waals surface area contributed by atoms with Crippen LogP contribution < -0.4 is 5.32 Å². The molecule has 0 saturated heterocycles. The minimum absolute atomic E-state index is 0.739. The summed E-state index contributed by atoms with van der Waals surface area (Å²) in [4.78, 5) is 0. The Bertz CT molecular complexity index is 585. The van der Waals surface area contributed by atoms with Crippen LogP contribution in [-0.4, -0.2) is 0 Å². The molecule has 0 aliphatic carbocycles. The largest absolute Gasteiger partial charge is 0.380 e. The number of hydrogen-bond donors (Lipinski definition) is 1. The van der Waals surface area contributed by atoms with Crippen LogP contribution in [0.25, 0.3) is 0 Å². The molecule has 1 nitrogen and oxygen atoms in total. The van der Waals surface area contributed by atoms with Crippen molar-refractivity contribution in [1.82, 2.24) is 0 Å². The summed E-state index contributed by atoms with van der Waals surface area (Å²) in [6.07, 6.45) is 0. The zero-order chi connectivity index (χ0) is 14.0. The Balaban J connectivity index is 2.19. The van der Waals surface area contributed by atoms with Gasteiger partial charge in [-0.05, 0) is 61.2 Å². The van der Waals surface area contributed by atoms with E-state index in [2.05, 4.69) is 59.4 Å². The highest BCUT2D eigenvalue weighted by molar-refractivity contribution is 9.10. The zero-order valence-corrected chi connectivity index (χ0v) is 13.7. The van der Waals surface area contributed by atoms with Gasteiger partial charge < -0.3 is 5.32 Å². The van der Waals surface area contributed by atoms with E-state index in [-0.39, 0.29) is 0 Å². The topological polar surface area (TPSA) is 12.0 Å². The van der Waals surface area contributed by atoms with Crippen LogP contribution >= 0.6 is 27.5 Å². The fraction of sp³-hybridized carbons (Fsp3) is 0.250. The van der Waals surface area contributed by atoms with Crippen LogP contribution in [0.4, 0.5) is 5.69 Å². The summed E-state index contributed by atoms with van der Waals surface area (Å²) in [6, 6.07) is 10.4. The highest BCUT2D eigenvalue weighted by Crippen LogP contribution is 2.26. The molecular formula is C16H17BrClN. The number of aryl methyl sites for hydroxylation is 3. The van der Waals surface area contributed by atoms with Crippen molar-refractivity contribution in [3.63, 3.8) is 0 Å². The number of nitrogens with one attached hydrogen (secondary N) is 1. The first-order valence-electron chi connectivity index (χ1n) is 6.23. The lowest BCUT2D eigenvalue weighted by Gasteiger charge is -2.14. The summed E-state index contributed by atoms with van der Waals surface area (Å²) in [6.45, 7) is 7.00. The van der Waals surface area contributed by atoms with Crippen molar-refractivity contribution in [2.75, 3.05) is 5.32 Å². The molecule has 0 bridgehead atoms. The van der Waals surface area contributed by atoms with E-state index in [1.165, 1.54) is 22.4 Å². The molecule has 0 heterocycles. The van der Waals surface area contributed by atoms with Gasteiger partial charge >= 0.3 is 0 Å². The first kappa shape index (κ1) is 14.4. The van der Waals surface area contributed by atoms with Gasteiger partial charge in [-0.2, -0.15) is 0 Å². The number of anilines is 1. The fourth-order valence-corrected chi connectivity index (χ4v) is 3.16. The van der Waals surface area contributed by atoms with Gasteiger partial charge in [-0.25, -0.2) is 0 Å². The Morgan fingerprint density at radius 1 is 1.05 bits per heavy atom. The summed E-state index contributed by atoms with van der Waals surface area (Å²) in [5, 5.41) is 4.30. The molecule has 1 N–H and O–H groups in total. The third-order valence-electron chi connectivity index (χ3n) is 3.16. The van der Waals surface area contributed by atoms with Gasteiger partial charge in [0.15, 0.2) is 0 Å². The maximum atomic E-state index is 6.25. The highest BCUT2D eigenvalue weighted by atomic mass is 79.9. The van der Waals surface area contributed by atoms with E-state index in [9.17, 15) is 0 Å². The van der Waals surface area contributed by atoms with Gasteiger partial charge in [0.25, 0.3) is 0 Å². The SMILES string of the molecule is Cc1ccc(CNc2c(C)cc(Br)cc2C)c(Cl)c1. The van der Waals surface area contributed by atoms with Gasteiger partial charge in [0.1, 0.15) is 0 Å². The molecule has 2 rings (SSSR count). The Labute approximate surface area is 128 Å². The molecule has 0 radical (unpaired) electrons. The van der Waals surface area contributed by atoms with E-state index in [1.54, 1.807) is 0 Å². The van der Waals surface area contributed by atoms with Gasteiger partial charge in [-0.1, -0.05) is 39.7 Å². The second kappa shape index (κ2) is 5.98. The normalized spacial score (nSPS) is 10.6. The van der Waals surface area contributed by atoms with E-state index in [1.807, 2.05) is 13.0 Å². The molecule has 0 saturated carbocycles. The molecule has 0 fully saturated rings. The van der Waals surface area contributed by atoms with Crippen LogP contribution in [0.2, 0.25) is 5.02 Å². The van der Waals surface area contributed by atoms with Crippen molar-refractivity contribution in [3.05, 3.63) is 62.1 Å². The Hall–Kier alpha value is -0.990. The van der Waals surface area contributed by atoms with Crippen molar-refractivity contribution in [2.45, 2.75) is 27.3 Å². The van der Waals surface area contributed by atoms with Crippen molar-refractivity contribution in [3.8, 4) is 0 Å². The summed E-state index contributed by atoms with van der Waals surface area (Å²) < 4.78 is 1.11. The summed E-state index contributed by atoms with van der Waals surface area (Å²) in [5.74, 6) is 0. The summed E-state index contributed by atoms with van der Waals surface area (Å²) in [5.41, 5.74) is 5.95. The molecule has 0 aliphatic rings. The predicted molar refractivity (Wildman–Crippen MR) is 87.1 cm³/mol. The third-order valence-corrected chi connectivity index (χ3v) is 3.97. The molecule has 0 spiro atoms. The van der Waals surface area contributed by atoms with Gasteiger partial charge in [-0.3, -0.25) is 0 Å². The molecule has 2 aromatic rings. The third kappa shape index (κ3) is 3.52. The average molecular weight is 339 g/mol. The van der Waals surface area contributed by atoms with Gasteiger partial charge in [0.05, 0.1) is 0 Å². The predicted octanol–water partition coefficient (Wildman–Crippen LogP) is 5.64. The van der Waals surface area contributed by atoms with E-state index in [0.29, 0.717) is 0 Å². The van der Waals surface area contributed by atoms with Crippen molar-refractivity contribution in [2.24, 2.45) is 0 Å². The van der Waals surface area contributed by atoms with E-state index >= 15 is 0 Å². The minimum Gasteiger partial charge on any atom is -0.380 e. The number of benzene rings is 2. The minimum atomic E-state index is 0.739. The monoisotopic (exact) mass is 337 g/mol. The van der Waals surface area contributed by atoms with Crippen LogP contribution in [0.3, 0.4) is 0 Å². The van der Waals surface area contributed by atoms with E-state index < -0.39 is 0 Å². The summed E-state index contributed by atoms with van der Waals surface area (Å²) in [7, 11) is 0. The quantitative estimate of drug-likeness (QED) is 0.763. The lowest BCUT2D eigenvalue weighted by molar-refractivity contribution is 1.12. The maximum absolute atomic E-state index is 6.25. The van der Waals surface area contributed by atoms with Crippen molar-refractivity contribution >= 4 is 33.2 Å². The van der Waals surface area contributed by atoms with Crippen molar-refractivity contribution in [1.29, 1.82) is 0 Å². The molecule has 0 atom stereocenters. The Morgan fingerprint density at radius 2 is 1.68 bits per heavy atom. The molecule has 0 unspecified atom stereocenters. The first-order chi connectivity index (χ1) is 8.97. The highest BCUT2D eigenvalue weighted by Gasteiger charge is 2.05. The molecule has 2 aromatic carbocycles. The lowest BCUT2D eigenvalue weighted by atomic mass is 10.1. The molecule has 3 heteroatoms. The Kier molecular flexibility index (Phi) is 4.54.